The Labute approximate surface area is 186 Å². The molecule has 0 amide bonds. The summed E-state index contributed by atoms with van der Waals surface area (Å²) in [6.07, 6.45) is 4.29. The second kappa shape index (κ2) is 7.46. The van der Waals surface area contributed by atoms with Crippen LogP contribution in [0, 0.1) is 5.41 Å². The van der Waals surface area contributed by atoms with Gasteiger partial charge in [0.25, 0.3) is 0 Å². The lowest BCUT2D eigenvalue weighted by atomic mass is 10.0. The third kappa shape index (κ3) is 3.29. The van der Waals surface area contributed by atoms with Gasteiger partial charge in [-0.3, -0.25) is 5.41 Å². The SMILES string of the molecule is Cl.N=C(Nc1ccc2cc3ccccc3cc2c1)Nc1ccc2c3c(cccc13)C=C2. The summed E-state index contributed by atoms with van der Waals surface area (Å²) in [6, 6.07) is 29.4. The molecule has 0 unspecified atom stereocenters. The van der Waals surface area contributed by atoms with Crippen LogP contribution in [0.1, 0.15) is 11.1 Å². The van der Waals surface area contributed by atoms with Crippen LogP contribution in [0.5, 0.6) is 0 Å². The molecule has 0 saturated heterocycles. The highest BCUT2D eigenvalue weighted by Gasteiger charge is 2.12. The fourth-order valence-electron chi connectivity index (χ4n) is 4.36. The maximum Gasteiger partial charge on any atom is 0.197 e. The van der Waals surface area contributed by atoms with E-state index < -0.39 is 0 Å². The van der Waals surface area contributed by atoms with Gasteiger partial charge >= 0.3 is 0 Å². The topological polar surface area (TPSA) is 47.9 Å². The first kappa shape index (κ1) is 19.2. The zero-order valence-electron chi connectivity index (χ0n) is 16.6. The Morgan fingerprint density at radius 1 is 0.613 bits per heavy atom. The molecule has 0 atom stereocenters. The van der Waals surface area contributed by atoms with E-state index in [1.807, 2.05) is 12.1 Å². The standard InChI is InChI=1S/C27H19N3.ClH/c28-27(30-25-13-11-18-9-8-17-6-3-7-24(25)26(17)18)29-23-12-10-21-14-19-4-1-2-5-20(19)15-22(21)16-23;/h1-16H,(H3,28,29,30);1H. The molecule has 0 aromatic heterocycles. The molecular formula is C27H20ClN3. The Morgan fingerprint density at radius 3 is 2.13 bits per heavy atom. The van der Waals surface area contributed by atoms with Gasteiger partial charge in [-0.15, -0.1) is 12.4 Å². The molecule has 5 aromatic rings. The maximum absolute atomic E-state index is 8.46. The number of hydrogen-bond donors (Lipinski definition) is 3. The fourth-order valence-corrected chi connectivity index (χ4v) is 4.36. The van der Waals surface area contributed by atoms with Gasteiger partial charge < -0.3 is 10.6 Å². The Morgan fingerprint density at radius 2 is 1.32 bits per heavy atom. The normalized spacial score (nSPS) is 11.6. The van der Waals surface area contributed by atoms with Crippen molar-refractivity contribution in [2.45, 2.75) is 0 Å². The Bertz CT molecular complexity index is 1510. The molecule has 3 nitrogen and oxygen atoms in total. The summed E-state index contributed by atoms with van der Waals surface area (Å²) in [7, 11) is 0. The third-order valence-corrected chi connectivity index (χ3v) is 5.78. The number of anilines is 2. The quantitative estimate of drug-likeness (QED) is 0.154. The summed E-state index contributed by atoms with van der Waals surface area (Å²) in [4.78, 5) is 0. The van der Waals surface area contributed by atoms with Gasteiger partial charge in [-0.2, -0.15) is 0 Å². The molecule has 3 N–H and O–H groups in total. The highest BCUT2D eigenvalue weighted by atomic mass is 35.5. The van der Waals surface area contributed by atoms with Crippen LogP contribution in [-0.2, 0) is 0 Å². The van der Waals surface area contributed by atoms with Crippen LogP contribution in [0.4, 0.5) is 11.4 Å². The second-order valence-corrected chi connectivity index (χ2v) is 7.69. The van der Waals surface area contributed by atoms with Crippen molar-refractivity contribution in [1.29, 1.82) is 5.41 Å². The summed E-state index contributed by atoms with van der Waals surface area (Å²) in [5, 5.41) is 22.1. The highest BCUT2D eigenvalue weighted by Crippen LogP contribution is 2.35. The van der Waals surface area contributed by atoms with Gasteiger partial charge in [0, 0.05) is 16.8 Å². The van der Waals surface area contributed by atoms with Crippen molar-refractivity contribution >= 4 is 74.2 Å². The van der Waals surface area contributed by atoms with E-state index in [4.69, 9.17) is 5.41 Å². The molecular weight excluding hydrogens is 402 g/mol. The predicted molar refractivity (Wildman–Crippen MR) is 137 cm³/mol. The lowest BCUT2D eigenvalue weighted by molar-refractivity contribution is 1.44. The molecule has 150 valence electrons. The van der Waals surface area contributed by atoms with Gasteiger partial charge in [0.2, 0.25) is 0 Å². The van der Waals surface area contributed by atoms with Crippen LogP contribution in [0.2, 0.25) is 0 Å². The molecule has 1 aliphatic rings. The van der Waals surface area contributed by atoms with Gasteiger partial charge in [-0.05, 0) is 68.4 Å². The third-order valence-electron chi connectivity index (χ3n) is 5.78. The van der Waals surface area contributed by atoms with Crippen LogP contribution in [0.25, 0.3) is 44.5 Å². The van der Waals surface area contributed by atoms with Crippen molar-refractivity contribution in [3.63, 3.8) is 0 Å². The van der Waals surface area contributed by atoms with E-state index in [0.717, 1.165) is 22.1 Å². The zero-order chi connectivity index (χ0) is 20.1. The number of benzene rings is 5. The van der Waals surface area contributed by atoms with E-state index in [1.165, 1.54) is 32.7 Å². The Hall–Kier alpha value is -3.82. The summed E-state index contributed by atoms with van der Waals surface area (Å²) in [5.74, 6) is 0.252. The molecule has 31 heavy (non-hydrogen) atoms. The largest absolute Gasteiger partial charge is 0.326 e. The zero-order valence-corrected chi connectivity index (χ0v) is 17.5. The van der Waals surface area contributed by atoms with Gasteiger partial charge in [0.05, 0.1) is 0 Å². The minimum atomic E-state index is 0. The van der Waals surface area contributed by atoms with Crippen molar-refractivity contribution in [3.05, 3.63) is 96.1 Å². The van der Waals surface area contributed by atoms with Crippen molar-refractivity contribution in [2.24, 2.45) is 0 Å². The Kier molecular flexibility index (Phi) is 4.61. The monoisotopic (exact) mass is 421 g/mol. The number of fused-ring (bicyclic) bond motifs is 2. The van der Waals surface area contributed by atoms with E-state index in [9.17, 15) is 0 Å². The Balaban J connectivity index is 0.00000204. The van der Waals surface area contributed by atoms with E-state index in [1.54, 1.807) is 0 Å². The molecule has 0 heterocycles. The lowest BCUT2D eigenvalue weighted by Gasteiger charge is -2.14. The number of rotatable bonds is 2. The van der Waals surface area contributed by atoms with E-state index in [2.05, 4.69) is 95.6 Å². The van der Waals surface area contributed by atoms with Crippen LogP contribution in [0.3, 0.4) is 0 Å². The molecule has 0 fully saturated rings. The smallest absolute Gasteiger partial charge is 0.197 e. The van der Waals surface area contributed by atoms with Crippen LogP contribution < -0.4 is 10.6 Å². The maximum atomic E-state index is 8.46. The summed E-state index contributed by atoms with van der Waals surface area (Å²) in [6.45, 7) is 0. The molecule has 4 heteroatoms. The lowest BCUT2D eigenvalue weighted by Crippen LogP contribution is -2.20. The van der Waals surface area contributed by atoms with Gasteiger partial charge in [0.1, 0.15) is 0 Å². The molecule has 6 rings (SSSR count). The van der Waals surface area contributed by atoms with E-state index in [-0.39, 0.29) is 18.4 Å². The van der Waals surface area contributed by atoms with Gasteiger partial charge in [-0.25, -0.2) is 0 Å². The molecule has 0 aliphatic heterocycles. The van der Waals surface area contributed by atoms with Crippen molar-refractivity contribution < 1.29 is 0 Å². The summed E-state index contributed by atoms with van der Waals surface area (Å²) >= 11 is 0. The minimum absolute atomic E-state index is 0. The molecule has 0 radical (unpaired) electrons. The first-order valence-corrected chi connectivity index (χ1v) is 10.0. The van der Waals surface area contributed by atoms with Crippen molar-refractivity contribution in [3.8, 4) is 0 Å². The number of hydrogen-bond acceptors (Lipinski definition) is 1. The first-order valence-electron chi connectivity index (χ1n) is 10.0. The van der Waals surface area contributed by atoms with E-state index >= 15 is 0 Å². The number of halogens is 1. The average Bonchev–Trinajstić information content (AvgIpc) is 3.19. The van der Waals surface area contributed by atoms with Crippen LogP contribution in [-0.4, -0.2) is 5.96 Å². The first-order chi connectivity index (χ1) is 14.7. The summed E-state index contributed by atoms with van der Waals surface area (Å²) < 4.78 is 0. The number of nitrogens with one attached hydrogen (secondary N) is 3. The molecule has 0 bridgehead atoms. The van der Waals surface area contributed by atoms with Gasteiger partial charge in [-0.1, -0.05) is 66.7 Å². The average molecular weight is 422 g/mol. The van der Waals surface area contributed by atoms with Crippen molar-refractivity contribution in [1.82, 2.24) is 0 Å². The number of guanidine groups is 1. The minimum Gasteiger partial charge on any atom is -0.326 e. The molecule has 5 aromatic carbocycles. The predicted octanol–water partition coefficient (Wildman–Crippen LogP) is 7.51. The molecule has 0 saturated carbocycles. The van der Waals surface area contributed by atoms with Crippen LogP contribution >= 0.6 is 12.4 Å². The van der Waals surface area contributed by atoms with Crippen LogP contribution in [0.15, 0.2) is 84.9 Å². The van der Waals surface area contributed by atoms with Crippen molar-refractivity contribution in [2.75, 3.05) is 10.6 Å². The van der Waals surface area contributed by atoms with E-state index in [0.29, 0.717) is 0 Å². The second-order valence-electron chi connectivity index (χ2n) is 7.69. The summed E-state index contributed by atoms with van der Waals surface area (Å²) in [5.41, 5.74) is 4.28. The highest BCUT2D eigenvalue weighted by molar-refractivity contribution is 6.13. The van der Waals surface area contributed by atoms with Gasteiger partial charge in [0.15, 0.2) is 5.96 Å². The molecule has 0 spiro atoms. The fraction of sp³-hybridized carbons (Fsp3) is 0. The molecule has 1 aliphatic carbocycles.